The van der Waals surface area contributed by atoms with E-state index in [1.807, 2.05) is 38.1 Å². The van der Waals surface area contributed by atoms with E-state index in [1.165, 1.54) is 5.01 Å². The Morgan fingerprint density at radius 1 is 1.11 bits per heavy atom. The quantitative estimate of drug-likeness (QED) is 0.680. The number of rotatable bonds is 3. The molecule has 1 N–H and O–H groups in total. The van der Waals surface area contributed by atoms with Gasteiger partial charge in [-0.1, -0.05) is 47.6 Å². The third-order valence-electron chi connectivity index (χ3n) is 4.54. The molecule has 28 heavy (non-hydrogen) atoms. The van der Waals surface area contributed by atoms with E-state index in [0.717, 1.165) is 11.3 Å². The molecule has 0 bridgehead atoms. The second-order valence-electron chi connectivity index (χ2n) is 6.98. The number of hydrogen-bond donors (Lipinski definition) is 1. The van der Waals surface area contributed by atoms with Crippen molar-refractivity contribution in [1.29, 1.82) is 0 Å². The molecular weight excluding hydrogens is 415 g/mol. The third-order valence-corrected chi connectivity index (χ3v) is 5.85. The molecule has 0 fully saturated rings. The molecule has 0 aliphatic carbocycles. The molecule has 1 atom stereocenters. The predicted molar refractivity (Wildman–Crippen MR) is 120 cm³/mol. The summed E-state index contributed by atoms with van der Waals surface area (Å²) in [5, 5.41) is 10.1. The van der Waals surface area contributed by atoms with Crippen LogP contribution in [-0.2, 0) is 0 Å². The molecule has 1 unspecified atom stereocenters. The summed E-state index contributed by atoms with van der Waals surface area (Å²) >= 11 is 17.6. The molecule has 0 aromatic heterocycles. The van der Waals surface area contributed by atoms with E-state index in [1.54, 1.807) is 36.4 Å². The number of amides is 2. The summed E-state index contributed by atoms with van der Waals surface area (Å²) in [6.07, 6.45) is 0. The van der Waals surface area contributed by atoms with Crippen molar-refractivity contribution in [2.45, 2.75) is 6.92 Å². The molecule has 2 aromatic rings. The highest BCUT2D eigenvalue weighted by Crippen LogP contribution is 2.34. The zero-order chi connectivity index (χ0) is 20.5. The van der Waals surface area contributed by atoms with Gasteiger partial charge in [-0.05, 0) is 48.9 Å². The van der Waals surface area contributed by atoms with E-state index < -0.39 is 5.41 Å². The van der Waals surface area contributed by atoms with Gasteiger partial charge in [0, 0.05) is 29.8 Å². The van der Waals surface area contributed by atoms with Crippen molar-refractivity contribution >= 4 is 57.8 Å². The Labute approximate surface area is 179 Å². The Bertz CT molecular complexity index is 928. The van der Waals surface area contributed by atoms with Crippen LogP contribution in [0.4, 0.5) is 10.5 Å². The maximum Gasteiger partial charge on any atom is 0.342 e. The van der Waals surface area contributed by atoms with Crippen LogP contribution in [-0.4, -0.2) is 47.3 Å². The van der Waals surface area contributed by atoms with Crippen molar-refractivity contribution in [2.75, 3.05) is 26.0 Å². The van der Waals surface area contributed by atoms with Crippen LogP contribution >= 0.6 is 35.4 Å². The number of thiocarbonyl (C=S) groups is 1. The zero-order valence-corrected chi connectivity index (χ0v) is 18.1. The van der Waals surface area contributed by atoms with Gasteiger partial charge in [0.1, 0.15) is 0 Å². The fourth-order valence-corrected chi connectivity index (χ4v) is 3.54. The standard InChI is InChI=1S/C20H20Cl2N4OS/c1-20(18(28)25(2)3)12-26(19(27)23-16-10-8-15(22)9-11-16)24-17(20)13-4-6-14(21)7-5-13/h4-11H,12H2,1-3H3,(H,23,27). The molecular formula is C20H20Cl2N4OS. The van der Waals surface area contributed by atoms with Crippen LogP contribution in [0.15, 0.2) is 53.6 Å². The second-order valence-corrected chi connectivity index (χ2v) is 8.24. The van der Waals surface area contributed by atoms with Gasteiger partial charge in [0.25, 0.3) is 0 Å². The third kappa shape index (κ3) is 4.14. The highest BCUT2D eigenvalue weighted by molar-refractivity contribution is 7.80. The number of nitrogens with zero attached hydrogens (tertiary/aromatic N) is 3. The Morgan fingerprint density at radius 2 is 1.64 bits per heavy atom. The van der Waals surface area contributed by atoms with Gasteiger partial charge in [-0.2, -0.15) is 5.10 Å². The molecule has 3 rings (SSSR count). The molecule has 8 heteroatoms. The van der Waals surface area contributed by atoms with Gasteiger partial charge < -0.3 is 10.2 Å². The number of carbonyl (C=O) groups excluding carboxylic acids is 1. The van der Waals surface area contributed by atoms with E-state index >= 15 is 0 Å². The maximum absolute atomic E-state index is 12.8. The first-order valence-electron chi connectivity index (χ1n) is 8.61. The normalized spacial score (nSPS) is 18.6. The molecule has 5 nitrogen and oxygen atoms in total. The number of urea groups is 1. The van der Waals surface area contributed by atoms with Crippen LogP contribution in [0.25, 0.3) is 0 Å². The molecule has 2 aromatic carbocycles. The number of halogens is 2. The molecule has 0 radical (unpaired) electrons. The van der Waals surface area contributed by atoms with Crippen LogP contribution in [0.1, 0.15) is 12.5 Å². The van der Waals surface area contributed by atoms with Gasteiger partial charge in [-0.15, -0.1) is 0 Å². The summed E-state index contributed by atoms with van der Waals surface area (Å²) in [6, 6.07) is 14.0. The topological polar surface area (TPSA) is 47.9 Å². The fourth-order valence-electron chi connectivity index (χ4n) is 3.13. The van der Waals surface area contributed by atoms with Gasteiger partial charge in [-0.3, -0.25) is 0 Å². The minimum Gasteiger partial charge on any atom is -0.371 e. The van der Waals surface area contributed by atoms with E-state index in [-0.39, 0.29) is 6.03 Å². The van der Waals surface area contributed by atoms with Crippen LogP contribution < -0.4 is 5.32 Å². The van der Waals surface area contributed by atoms with Gasteiger partial charge >= 0.3 is 6.03 Å². The maximum atomic E-state index is 12.8. The van der Waals surface area contributed by atoms with E-state index in [4.69, 9.17) is 35.4 Å². The monoisotopic (exact) mass is 434 g/mol. The lowest BCUT2D eigenvalue weighted by molar-refractivity contribution is 0.213. The zero-order valence-electron chi connectivity index (χ0n) is 15.7. The summed E-state index contributed by atoms with van der Waals surface area (Å²) in [5.41, 5.74) is 1.64. The molecule has 0 saturated heterocycles. The first kappa shape index (κ1) is 20.6. The molecule has 1 aliphatic rings. The molecule has 0 spiro atoms. The van der Waals surface area contributed by atoms with E-state index in [9.17, 15) is 4.79 Å². The molecule has 1 heterocycles. The molecule has 0 saturated carbocycles. The summed E-state index contributed by atoms with van der Waals surface area (Å²) < 4.78 is 0. The van der Waals surface area contributed by atoms with Crippen molar-refractivity contribution < 1.29 is 4.79 Å². The molecule has 146 valence electrons. The van der Waals surface area contributed by atoms with Crippen LogP contribution in [0, 0.1) is 5.41 Å². The van der Waals surface area contributed by atoms with Crippen molar-refractivity contribution in [3.05, 3.63) is 64.1 Å². The number of hydrogen-bond acceptors (Lipinski definition) is 3. The number of anilines is 1. The van der Waals surface area contributed by atoms with Crippen molar-refractivity contribution in [2.24, 2.45) is 10.5 Å². The summed E-state index contributed by atoms with van der Waals surface area (Å²) in [7, 11) is 3.78. The first-order valence-corrected chi connectivity index (χ1v) is 9.78. The minimum atomic E-state index is -0.607. The average Bonchev–Trinajstić information content (AvgIpc) is 3.02. The average molecular weight is 435 g/mol. The van der Waals surface area contributed by atoms with Gasteiger partial charge in [0.15, 0.2) is 0 Å². The molecule has 1 aliphatic heterocycles. The summed E-state index contributed by atoms with van der Waals surface area (Å²) in [6.45, 7) is 2.33. The highest BCUT2D eigenvalue weighted by atomic mass is 35.5. The van der Waals surface area contributed by atoms with Crippen molar-refractivity contribution in [3.63, 3.8) is 0 Å². The number of nitrogens with one attached hydrogen (secondary N) is 1. The van der Waals surface area contributed by atoms with Gasteiger partial charge in [-0.25, -0.2) is 9.80 Å². The van der Waals surface area contributed by atoms with Crippen molar-refractivity contribution in [1.82, 2.24) is 9.91 Å². The number of carbonyl (C=O) groups is 1. The van der Waals surface area contributed by atoms with Gasteiger partial charge in [0.2, 0.25) is 0 Å². The number of benzene rings is 2. The van der Waals surface area contributed by atoms with Crippen molar-refractivity contribution in [3.8, 4) is 0 Å². The second kappa shape index (κ2) is 8.07. The van der Waals surface area contributed by atoms with Gasteiger partial charge in [0.05, 0.1) is 22.7 Å². The Hall–Kier alpha value is -2.15. The Balaban J connectivity index is 1.92. The lowest BCUT2D eigenvalue weighted by Crippen LogP contribution is -2.45. The smallest absolute Gasteiger partial charge is 0.342 e. The minimum absolute atomic E-state index is 0.334. The van der Waals surface area contributed by atoms with Crippen LogP contribution in [0.2, 0.25) is 10.0 Å². The largest absolute Gasteiger partial charge is 0.371 e. The highest BCUT2D eigenvalue weighted by Gasteiger charge is 2.45. The SMILES string of the molecule is CN(C)C(=S)C1(C)CN(C(=O)Nc2ccc(Cl)cc2)N=C1c1ccc(Cl)cc1. The Kier molecular flexibility index (Phi) is 5.93. The van der Waals surface area contributed by atoms with E-state index in [2.05, 4.69) is 10.4 Å². The first-order chi connectivity index (χ1) is 13.2. The predicted octanol–water partition coefficient (Wildman–Crippen LogP) is 5.14. The fraction of sp³-hybridized carbons (Fsp3) is 0.250. The Morgan fingerprint density at radius 3 is 2.18 bits per heavy atom. The summed E-state index contributed by atoms with van der Waals surface area (Å²) in [4.78, 5) is 15.4. The lowest BCUT2D eigenvalue weighted by atomic mass is 9.81. The number of hydrazone groups is 1. The van der Waals surface area contributed by atoms with E-state index in [0.29, 0.717) is 27.3 Å². The lowest BCUT2D eigenvalue weighted by Gasteiger charge is -2.31. The summed E-state index contributed by atoms with van der Waals surface area (Å²) in [5.74, 6) is 0. The van der Waals surface area contributed by atoms with Crippen LogP contribution in [0.5, 0.6) is 0 Å². The molecule has 2 amide bonds. The van der Waals surface area contributed by atoms with Crippen LogP contribution in [0.3, 0.4) is 0 Å².